The van der Waals surface area contributed by atoms with Crippen molar-refractivity contribution in [1.29, 1.82) is 0 Å². The summed E-state index contributed by atoms with van der Waals surface area (Å²) in [5.41, 5.74) is 5.15. The summed E-state index contributed by atoms with van der Waals surface area (Å²) < 4.78 is 0.606. The number of rotatable bonds is 4. The summed E-state index contributed by atoms with van der Waals surface area (Å²) in [5.74, 6) is 0.465. The van der Waals surface area contributed by atoms with Gasteiger partial charge in [0.15, 0.2) is 0 Å². The molecular weight excluding hydrogens is 372 g/mol. The highest BCUT2D eigenvalue weighted by atomic mass is 32.2. The van der Waals surface area contributed by atoms with Crippen molar-refractivity contribution in [2.75, 3.05) is 18.0 Å². The molecule has 1 atom stereocenters. The molecule has 27 heavy (non-hydrogen) atoms. The number of benzene rings is 1. The van der Waals surface area contributed by atoms with Crippen LogP contribution in [0, 0.1) is 6.92 Å². The van der Waals surface area contributed by atoms with E-state index in [4.69, 9.17) is 12.2 Å². The Morgan fingerprint density at radius 3 is 2.74 bits per heavy atom. The average molecular weight is 401 g/mol. The van der Waals surface area contributed by atoms with Gasteiger partial charge in [0.25, 0.3) is 5.91 Å². The number of thioether (sulfide) groups is 1. The molecule has 2 aliphatic rings. The number of amides is 1. The van der Waals surface area contributed by atoms with E-state index in [1.54, 1.807) is 11.0 Å². The maximum Gasteiger partial charge on any atom is 0.266 e. The molecule has 0 saturated carbocycles. The van der Waals surface area contributed by atoms with Crippen molar-refractivity contribution >= 4 is 46.0 Å². The second-order valence-corrected chi connectivity index (χ2v) is 9.69. The zero-order valence-corrected chi connectivity index (χ0v) is 18.5. The van der Waals surface area contributed by atoms with E-state index in [1.807, 2.05) is 6.08 Å². The van der Waals surface area contributed by atoms with Gasteiger partial charge >= 0.3 is 0 Å². The topological polar surface area (TPSA) is 23.6 Å². The lowest BCUT2D eigenvalue weighted by Gasteiger charge is -2.47. The minimum Gasteiger partial charge on any atom is -0.366 e. The molecular formula is C22H28N2OS2. The summed E-state index contributed by atoms with van der Waals surface area (Å²) in [6.45, 7) is 16.5. The summed E-state index contributed by atoms with van der Waals surface area (Å²) in [4.78, 5) is 17.5. The molecule has 1 amide bonds. The van der Waals surface area contributed by atoms with Gasteiger partial charge in [-0.3, -0.25) is 9.69 Å². The van der Waals surface area contributed by atoms with E-state index in [1.165, 1.54) is 28.6 Å². The Bertz CT molecular complexity index is 841. The molecule has 5 heteroatoms. The fourth-order valence-corrected chi connectivity index (χ4v) is 5.60. The zero-order valence-electron chi connectivity index (χ0n) is 16.8. The molecule has 2 aliphatic heterocycles. The molecule has 0 aliphatic carbocycles. The highest BCUT2D eigenvalue weighted by Gasteiger charge is 2.36. The number of fused-ring (bicyclic) bond motifs is 1. The molecule has 0 radical (unpaired) electrons. The molecule has 1 fully saturated rings. The third-order valence-corrected chi connectivity index (χ3v) is 6.94. The third-order valence-electron chi connectivity index (χ3n) is 5.56. The number of aryl methyl sites for hydroxylation is 1. The number of anilines is 1. The number of hydrogen-bond donors (Lipinski definition) is 0. The van der Waals surface area contributed by atoms with Crippen LogP contribution in [0.25, 0.3) is 6.08 Å². The second-order valence-electron chi connectivity index (χ2n) is 8.01. The number of carbonyl (C=O) groups excluding carboxylic acids is 1. The molecule has 0 spiro atoms. The lowest BCUT2D eigenvalue weighted by Crippen LogP contribution is -2.48. The first-order chi connectivity index (χ1) is 12.7. The maximum absolute atomic E-state index is 12.7. The van der Waals surface area contributed by atoms with Gasteiger partial charge in [0.05, 0.1) is 4.91 Å². The molecule has 1 saturated heterocycles. The van der Waals surface area contributed by atoms with E-state index in [-0.39, 0.29) is 11.4 Å². The Morgan fingerprint density at radius 1 is 1.41 bits per heavy atom. The van der Waals surface area contributed by atoms with Gasteiger partial charge in [-0.15, -0.1) is 6.58 Å². The molecule has 0 N–H and O–H groups in total. The molecule has 144 valence electrons. The Balaban J connectivity index is 2.03. The van der Waals surface area contributed by atoms with Crippen molar-refractivity contribution in [1.82, 2.24) is 4.90 Å². The van der Waals surface area contributed by atoms with Crippen molar-refractivity contribution in [2.45, 2.75) is 52.5 Å². The highest BCUT2D eigenvalue weighted by molar-refractivity contribution is 8.26. The Hall–Kier alpha value is -1.59. The van der Waals surface area contributed by atoms with Gasteiger partial charge in [-0.05, 0) is 74.9 Å². The predicted molar refractivity (Wildman–Crippen MR) is 121 cm³/mol. The van der Waals surface area contributed by atoms with Crippen LogP contribution in [0.2, 0.25) is 0 Å². The minimum absolute atomic E-state index is 0.0219. The van der Waals surface area contributed by atoms with E-state index in [0.717, 1.165) is 18.5 Å². The molecule has 1 aromatic carbocycles. The monoisotopic (exact) mass is 400 g/mol. The van der Waals surface area contributed by atoms with E-state index < -0.39 is 0 Å². The Labute approximate surface area is 172 Å². The van der Waals surface area contributed by atoms with Crippen LogP contribution in [-0.2, 0) is 4.79 Å². The summed E-state index contributed by atoms with van der Waals surface area (Å²) >= 11 is 6.73. The van der Waals surface area contributed by atoms with Crippen molar-refractivity contribution in [3.8, 4) is 0 Å². The first-order valence-electron chi connectivity index (χ1n) is 9.48. The second kappa shape index (κ2) is 7.44. The number of hydrogen-bond acceptors (Lipinski definition) is 4. The smallest absolute Gasteiger partial charge is 0.266 e. The van der Waals surface area contributed by atoms with Crippen LogP contribution in [0.5, 0.6) is 0 Å². The first-order valence-corrected chi connectivity index (χ1v) is 10.7. The number of nitrogens with zero attached hydrogens (tertiary/aromatic N) is 2. The molecule has 3 rings (SSSR count). The molecule has 0 unspecified atom stereocenters. The Kier molecular flexibility index (Phi) is 5.55. The van der Waals surface area contributed by atoms with E-state index in [0.29, 0.717) is 21.7 Å². The Morgan fingerprint density at radius 2 is 2.11 bits per heavy atom. The van der Waals surface area contributed by atoms with Gasteiger partial charge in [0.2, 0.25) is 0 Å². The molecule has 1 aromatic rings. The number of carbonyl (C=O) groups is 1. The van der Waals surface area contributed by atoms with Crippen LogP contribution < -0.4 is 4.90 Å². The normalized spacial score (nSPS) is 23.1. The van der Waals surface area contributed by atoms with Crippen molar-refractivity contribution in [3.63, 3.8) is 0 Å². The minimum atomic E-state index is -0.0219. The van der Waals surface area contributed by atoms with Gasteiger partial charge in [-0.1, -0.05) is 37.0 Å². The largest absolute Gasteiger partial charge is 0.366 e. The van der Waals surface area contributed by atoms with Gasteiger partial charge in [-0.2, -0.15) is 0 Å². The first kappa shape index (κ1) is 20.2. The van der Waals surface area contributed by atoms with Crippen molar-refractivity contribution in [3.05, 3.63) is 46.4 Å². The fraction of sp³-hybridized carbons (Fsp3) is 0.455. The standard InChI is InChI=1S/C22H28N2OS2/c1-7-9-23-20(25)19(27-21(23)26)12-16-11-17-15(4)13-22(5,6)24(8-2)18(17)10-14(16)3/h7,10-12,15H,1,8-9,13H2,2-6H3/b19-12-/t15-/m1/s1. The van der Waals surface area contributed by atoms with Gasteiger partial charge < -0.3 is 4.90 Å². The van der Waals surface area contributed by atoms with Gasteiger partial charge in [0, 0.05) is 24.3 Å². The fourth-order valence-electron chi connectivity index (χ4n) is 4.33. The van der Waals surface area contributed by atoms with Gasteiger partial charge in [0.1, 0.15) is 4.32 Å². The summed E-state index contributed by atoms with van der Waals surface area (Å²) in [7, 11) is 0. The quantitative estimate of drug-likeness (QED) is 0.378. The van der Waals surface area contributed by atoms with Crippen molar-refractivity contribution < 1.29 is 4.79 Å². The number of thiocarbonyl (C=S) groups is 1. The van der Waals surface area contributed by atoms with E-state index in [2.05, 4.69) is 58.2 Å². The van der Waals surface area contributed by atoms with Crippen molar-refractivity contribution in [2.24, 2.45) is 0 Å². The SMILES string of the molecule is C=CCN1C(=O)/C(=C/c2cc3c(cc2C)N(CC)C(C)(C)C[C@H]3C)SC1=S. The van der Waals surface area contributed by atoms with Crippen LogP contribution in [0.15, 0.2) is 29.7 Å². The average Bonchev–Trinajstić information content (AvgIpc) is 2.84. The van der Waals surface area contributed by atoms with Crippen LogP contribution in [0.1, 0.15) is 56.7 Å². The summed E-state index contributed by atoms with van der Waals surface area (Å²) in [6, 6.07) is 4.56. The molecule has 3 nitrogen and oxygen atoms in total. The van der Waals surface area contributed by atoms with Gasteiger partial charge in [-0.25, -0.2) is 0 Å². The van der Waals surface area contributed by atoms with Crippen LogP contribution in [0.4, 0.5) is 5.69 Å². The molecule has 0 bridgehead atoms. The van der Waals surface area contributed by atoms with E-state index >= 15 is 0 Å². The van der Waals surface area contributed by atoms with Crippen LogP contribution >= 0.6 is 24.0 Å². The molecule has 2 heterocycles. The predicted octanol–water partition coefficient (Wildman–Crippen LogP) is 5.49. The van der Waals surface area contributed by atoms with Crippen LogP contribution in [0.3, 0.4) is 0 Å². The summed E-state index contributed by atoms with van der Waals surface area (Å²) in [6.07, 6.45) is 4.83. The molecule has 0 aromatic heterocycles. The lowest BCUT2D eigenvalue weighted by molar-refractivity contribution is -0.121. The van der Waals surface area contributed by atoms with E-state index in [9.17, 15) is 4.79 Å². The summed E-state index contributed by atoms with van der Waals surface area (Å²) in [5, 5.41) is 0. The highest BCUT2D eigenvalue weighted by Crippen LogP contribution is 2.44. The zero-order chi connectivity index (χ0) is 19.9. The third kappa shape index (κ3) is 3.59. The lowest BCUT2D eigenvalue weighted by atomic mass is 9.79. The maximum atomic E-state index is 12.7. The van der Waals surface area contributed by atoms with Crippen LogP contribution in [-0.4, -0.2) is 33.8 Å².